The van der Waals surface area contributed by atoms with Gasteiger partial charge in [0.2, 0.25) is 5.60 Å². The first-order valence-electron chi connectivity index (χ1n) is 12.1. The molecule has 0 aliphatic carbocycles. The molecule has 0 saturated carbocycles. The van der Waals surface area contributed by atoms with E-state index in [1.165, 1.54) is 5.56 Å². The summed E-state index contributed by atoms with van der Waals surface area (Å²) in [6.07, 6.45) is 1.76. The average Bonchev–Trinajstić information content (AvgIpc) is 3.36. The van der Waals surface area contributed by atoms with Gasteiger partial charge in [-0.05, 0) is 47.6 Å². The molecule has 1 aromatic heterocycles. The number of amides is 1. The smallest absolute Gasteiger partial charge is 0.345 e. The minimum atomic E-state index is -2.20. The lowest BCUT2D eigenvalue weighted by Crippen LogP contribution is -2.38. The number of aromatic nitrogens is 1. The predicted octanol–water partition coefficient (Wildman–Crippen LogP) is 3.97. The van der Waals surface area contributed by atoms with E-state index in [1.807, 2.05) is 17.0 Å². The molecule has 5 N–H and O–H groups in total. The number of aliphatic carboxylic acids is 1. The number of carboxylic acids is 1. The normalized spacial score (nSPS) is 16.1. The molecule has 2 heterocycles. The molecular weight excluding hydrogens is 454 g/mol. The Balaban J connectivity index is 1.35. The number of nitrogens with one attached hydrogen (secondary N) is 1. The van der Waals surface area contributed by atoms with E-state index in [0.717, 1.165) is 23.8 Å². The quantitative estimate of drug-likeness (QED) is 0.331. The molecule has 0 unspecified atom stereocenters. The molecule has 1 amide bonds. The third-order valence-electron chi connectivity index (χ3n) is 7.21. The van der Waals surface area contributed by atoms with Crippen molar-refractivity contribution in [2.75, 3.05) is 13.1 Å². The number of hydrogen-bond acceptors (Lipinski definition) is 4. The molecular formula is C29H29N3O4. The lowest BCUT2D eigenvalue weighted by atomic mass is 9.86. The Hall–Kier alpha value is -3.94. The van der Waals surface area contributed by atoms with Crippen LogP contribution in [0.15, 0.2) is 78.9 Å². The Morgan fingerprint density at radius 3 is 2.39 bits per heavy atom. The summed E-state index contributed by atoms with van der Waals surface area (Å²) in [5.41, 5.74) is 7.50. The molecule has 1 aliphatic rings. The van der Waals surface area contributed by atoms with E-state index in [9.17, 15) is 19.8 Å². The second kappa shape index (κ2) is 9.60. The van der Waals surface area contributed by atoms with E-state index < -0.39 is 11.6 Å². The van der Waals surface area contributed by atoms with E-state index >= 15 is 0 Å². The molecule has 1 aliphatic heterocycles. The van der Waals surface area contributed by atoms with Crippen molar-refractivity contribution in [2.45, 2.75) is 30.9 Å². The Kier molecular flexibility index (Phi) is 6.35. The molecule has 36 heavy (non-hydrogen) atoms. The van der Waals surface area contributed by atoms with Crippen molar-refractivity contribution in [2.24, 2.45) is 5.73 Å². The molecule has 0 radical (unpaired) electrons. The van der Waals surface area contributed by atoms with Gasteiger partial charge in [-0.15, -0.1) is 0 Å². The second-order valence-electron chi connectivity index (χ2n) is 9.38. The first-order valence-corrected chi connectivity index (χ1v) is 12.1. The summed E-state index contributed by atoms with van der Waals surface area (Å²) >= 11 is 0. The number of fused-ring (bicyclic) bond motifs is 1. The number of carbonyl (C=O) groups is 2. The van der Waals surface area contributed by atoms with Crippen molar-refractivity contribution in [1.82, 2.24) is 9.88 Å². The number of benzene rings is 3. The summed E-state index contributed by atoms with van der Waals surface area (Å²) in [6.45, 7) is 1.83. The van der Waals surface area contributed by atoms with Crippen LogP contribution in [0.2, 0.25) is 0 Å². The SMILES string of the molecule is NCc1cccc(C2CCN(C(=O)c3cc4ccc([C@@](O)(C(=O)O)c5ccccc5)cc4[nH]3)CC2)c1. The van der Waals surface area contributed by atoms with Crippen LogP contribution >= 0.6 is 0 Å². The van der Waals surface area contributed by atoms with Crippen LogP contribution in [0.1, 0.15) is 51.5 Å². The maximum Gasteiger partial charge on any atom is 0.345 e. The first-order chi connectivity index (χ1) is 17.4. The fraction of sp³-hybridized carbons (Fsp3) is 0.241. The number of rotatable bonds is 6. The number of aromatic amines is 1. The summed E-state index contributed by atoms with van der Waals surface area (Å²) in [6, 6.07) is 23.3. The number of nitrogens with zero attached hydrogens (tertiary/aromatic N) is 1. The van der Waals surface area contributed by atoms with Crippen LogP contribution in [-0.4, -0.2) is 45.1 Å². The van der Waals surface area contributed by atoms with Gasteiger partial charge in [-0.1, -0.05) is 66.7 Å². The van der Waals surface area contributed by atoms with Crippen LogP contribution in [0.5, 0.6) is 0 Å². The van der Waals surface area contributed by atoms with Gasteiger partial charge in [0.15, 0.2) is 0 Å². The van der Waals surface area contributed by atoms with Gasteiger partial charge in [0.05, 0.1) is 0 Å². The fourth-order valence-electron chi connectivity index (χ4n) is 5.12. The van der Waals surface area contributed by atoms with Gasteiger partial charge in [0.1, 0.15) is 5.69 Å². The summed E-state index contributed by atoms with van der Waals surface area (Å²) in [5.74, 6) is -1.05. The summed E-state index contributed by atoms with van der Waals surface area (Å²) in [4.78, 5) is 30.4. The summed E-state index contributed by atoms with van der Waals surface area (Å²) in [5, 5.41) is 21.8. The molecule has 3 aromatic carbocycles. The van der Waals surface area contributed by atoms with Crippen LogP contribution in [0, 0.1) is 0 Å². The van der Waals surface area contributed by atoms with E-state index in [1.54, 1.807) is 54.6 Å². The van der Waals surface area contributed by atoms with Gasteiger partial charge in [-0.25, -0.2) is 4.79 Å². The van der Waals surface area contributed by atoms with Gasteiger partial charge in [0.25, 0.3) is 5.91 Å². The Morgan fingerprint density at radius 2 is 1.69 bits per heavy atom. The molecule has 4 aromatic rings. The number of likely N-dealkylation sites (tertiary alicyclic amines) is 1. The standard InChI is InChI=1S/C29H29N3O4/c30-18-19-5-4-6-21(15-19)20-11-13-32(14-12-20)27(33)26-16-22-9-10-24(17-25(22)31-26)29(36,28(34)35)23-7-2-1-3-8-23/h1-10,15-17,20,31,36H,11-14,18,30H2,(H,34,35)/t29-/m1/s1. The third kappa shape index (κ3) is 4.27. The van der Waals surface area contributed by atoms with Crippen molar-refractivity contribution in [1.29, 1.82) is 0 Å². The van der Waals surface area contributed by atoms with Crippen molar-refractivity contribution >= 4 is 22.8 Å². The highest BCUT2D eigenvalue weighted by Crippen LogP contribution is 2.33. The number of hydrogen-bond donors (Lipinski definition) is 4. The molecule has 0 spiro atoms. The van der Waals surface area contributed by atoms with E-state index in [-0.39, 0.29) is 17.0 Å². The summed E-state index contributed by atoms with van der Waals surface area (Å²) in [7, 11) is 0. The number of carboxylic acid groups (broad SMARTS) is 1. The predicted molar refractivity (Wildman–Crippen MR) is 138 cm³/mol. The van der Waals surface area contributed by atoms with Gasteiger partial charge in [0, 0.05) is 36.1 Å². The number of piperidine rings is 1. The minimum absolute atomic E-state index is 0.0848. The molecule has 0 bridgehead atoms. The third-order valence-corrected chi connectivity index (χ3v) is 7.21. The van der Waals surface area contributed by atoms with Crippen LogP contribution in [-0.2, 0) is 16.9 Å². The topological polar surface area (TPSA) is 120 Å². The van der Waals surface area contributed by atoms with Crippen LogP contribution in [0.4, 0.5) is 0 Å². The van der Waals surface area contributed by atoms with E-state index in [0.29, 0.717) is 36.8 Å². The fourth-order valence-corrected chi connectivity index (χ4v) is 5.12. The van der Waals surface area contributed by atoms with Crippen LogP contribution in [0.25, 0.3) is 10.9 Å². The summed E-state index contributed by atoms with van der Waals surface area (Å²) < 4.78 is 0. The highest BCUT2D eigenvalue weighted by atomic mass is 16.4. The molecule has 1 atom stereocenters. The maximum absolute atomic E-state index is 13.3. The number of carbonyl (C=O) groups excluding carboxylic acids is 1. The van der Waals surface area contributed by atoms with Crippen molar-refractivity contribution in [3.63, 3.8) is 0 Å². The molecule has 184 valence electrons. The van der Waals surface area contributed by atoms with E-state index in [2.05, 4.69) is 17.1 Å². The number of nitrogens with two attached hydrogens (primary N) is 1. The second-order valence-corrected chi connectivity index (χ2v) is 9.38. The zero-order valence-electron chi connectivity index (χ0n) is 19.9. The van der Waals surface area contributed by atoms with Gasteiger partial charge in [-0.3, -0.25) is 4.79 Å². The highest BCUT2D eigenvalue weighted by molar-refractivity contribution is 5.98. The van der Waals surface area contributed by atoms with Gasteiger partial charge < -0.3 is 25.8 Å². The molecule has 5 rings (SSSR count). The Labute approximate surface area is 209 Å². The first kappa shape index (κ1) is 23.8. The molecule has 1 saturated heterocycles. The lowest BCUT2D eigenvalue weighted by Gasteiger charge is -2.32. The van der Waals surface area contributed by atoms with Gasteiger partial charge in [-0.2, -0.15) is 0 Å². The van der Waals surface area contributed by atoms with Crippen molar-refractivity contribution in [3.8, 4) is 0 Å². The Bertz CT molecular complexity index is 1410. The zero-order chi connectivity index (χ0) is 25.3. The number of aliphatic hydroxyl groups is 1. The largest absolute Gasteiger partial charge is 0.479 e. The lowest BCUT2D eigenvalue weighted by molar-refractivity contribution is -0.155. The maximum atomic E-state index is 13.3. The highest BCUT2D eigenvalue weighted by Gasteiger charge is 2.40. The zero-order valence-corrected chi connectivity index (χ0v) is 19.9. The van der Waals surface area contributed by atoms with Gasteiger partial charge >= 0.3 is 5.97 Å². The molecule has 7 heteroatoms. The van der Waals surface area contributed by atoms with Crippen LogP contribution in [0.3, 0.4) is 0 Å². The van der Waals surface area contributed by atoms with Crippen molar-refractivity contribution < 1.29 is 19.8 Å². The number of H-pyrrole nitrogens is 1. The molecule has 7 nitrogen and oxygen atoms in total. The van der Waals surface area contributed by atoms with Crippen LogP contribution < -0.4 is 5.73 Å². The monoisotopic (exact) mass is 483 g/mol. The van der Waals surface area contributed by atoms with E-state index in [4.69, 9.17) is 5.73 Å². The molecule has 1 fully saturated rings. The van der Waals surface area contributed by atoms with Crippen molar-refractivity contribution in [3.05, 3.63) is 107 Å². The minimum Gasteiger partial charge on any atom is -0.479 e. The Morgan fingerprint density at radius 1 is 0.944 bits per heavy atom. The average molecular weight is 484 g/mol.